The molecule has 1 amide bonds. The smallest absolute Gasteiger partial charge is 0.271 e. The quantitative estimate of drug-likeness (QED) is 0.535. The summed E-state index contributed by atoms with van der Waals surface area (Å²) in [5.41, 5.74) is 4.17. The summed E-state index contributed by atoms with van der Waals surface area (Å²) in [4.78, 5) is 19.7. The van der Waals surface area contributed by atoms with Gasteiger partial charge >= 0.3 is 0 Å². The third-order valence-electron chi connectivity index (χ3n) is 2.64. The Hall–Kier alpha value is -2.48. The first-order valence-electron chi connectivity index (χ1n) is 5.60. The summed E-state index contributed by atoms with van der Waals surface area (Å²) >= 11 is 0. The van der Waals surface area contributed by atoms with Crippen molar-refractivity contribution in [1.82, 2.24) is 20.4 Å². The van der Waals surface area contributed by atoms with E-state index in [0.29, 0.717) is 18.1 Å². The van der Waals surface area contributed by atoms with Gasteiger partial charge in [-0.2, -0.15) is 0 Å². The minimum atomic E-state index is -0.323. The van der Waals surface area contributed by atoms with E-state index in [2.05, 4.69) is 25.9 Å². The second-order valence-electron chi connectivity index (χ2n) is 3.92. The number of aromatic nitrogens is 3. The Morgan fingerprint density at radius 2 is 2.16 bits per heavy atom. The molecule has 8 nitrogen and oxygen atoms in total. The van der Waals surface area contributed by atoms with Crippen molar-refractivity contribution in [2.45, 2.75) is 20.4 Å². The summed E-state index contributed by atoms with van der Waals surface area (Å²) in [7, 11) is 0. The maximum Gasteiger partial charge on any atom is 0.271 e. The maximum absolute atomic E-state index is 11.8. The third-order valence-corrected chi connectivity index (χ3v) is 2.64. The molecule has 2 aromatic heterocycles. The van der Waals surface area contributed by atoms with Crippen LogP contribution in [-0.2, 0) is 6.54 Å². The second kappa shape index (κ2) is 5.44. The Labute approximate surface area is 109 Å². The van der Waals surface area contributed by atoms with Crippen molar-refractivity contribution in [1.29, 1.82) is 0 Å². The largest absolute Gasteiger partial charge is 0.361 e. The average molecular weight is 262 g/mol. The van der Waals surface area contributed by atoms with E-state index in [0.717, 1.165) is 11.3 Å². The molecule has 8 heteroatoms. The SMILES string of the molecule is Cc1noc(C)c1CNC(=O)c1cnc(NN)cn1. The average Bonchev–Trinajstić information content (AvgIpc) is 2.75. The van der Waals surface area contributed by atoms with Crippen molar-refractivity contribution in [3.63, 3.8) is 0 Å². The topological polar surface area (TPSA) is 119 Å². The number of carbonyl (C=O) groups excluding carboxylic acids is 1. The number of hydrogen-bond acceptors (Lipinski definition) is 7. The lowest BCUT2D eigenvalue weighted by Crippen LogP contribution is -2.24. The number of nitrogens with zero attached hydrogens (tertiary/aromatic N) is 3. The Morgan fingerprint density at radius 3 is 2.68 bits per heavy atom. The standard InChI is InChI=1S/C11H14N6O2/c1-6-8(7(2)19-17-6)3-15-11(18)9-4-14-10(16-12)5-13-9/h4-5H,3,12H2,1-2H3,(H,14,16)(H,15,18). The van der Waals surface area contributed by atoms with Gasteiger partial charge in [-0.1, -0.05) is 5.16 Å². The fraction of sp³-hybridized carbons (Fsp3) is 0.273. The zero-order chi connectivity index (χ0) is 13.8. The summed E-state index contributed by atoms with van der Waals surface area (Å²) < 4.78 is 5.01. The predicted octanol–water partition coefficient (Wildman–Crippen LogP) is 0.297. The van der Waals surface area contributed by atoms with Crippen LogP contribution in [0.2, 0.25) is 0 Å². The first kappa shape index (κ1) is 13.0. The van der Waals surface area contributed by atoms with Crippen LogP contribution in [0, 0.1) is 13.8 Å². The van der Waals surface area contributed by atoms with Crippen molar-refractivity contribution in [2.24, 2.45) is 5.84 Å². The molecular weight excluding hydrogens is 248 g/mol. The summed E-state index contributed by atoms with van der Waals surface area (Å²) in [5, 5.41) is 6.54. The van der Waals surface area contributed by atoms with Crippen LogP contribution < -0.4 is 16.6 Å². The Bertz CT molecular complexity index is 558. The lowest BCUT2D eigenvalue weighted by atomic mass is 10.2. The molecule has 0 aliphatic carbocycles. The third kappa shape index (κ3) is 2.86. The highest BCUT2D eigenvalue weighted by atomic mass is 16.5. The molecule has 19 heavy (non-hydrogen) atoms. The maximum atomic E-state index is 11.8. The van der Waals surface area contributed by atoms with Gasteiger partial charge < -0.3 is 15.3 Å². The Kier molecular flexibility index (Phi) is 3.71. The number of hydrogen-bond donors (Lipinski definition) is 3. The van der Waals surface area contributed by atoms with Gasteiger partial charge in [0.15, 0.2) is 5.82 Å². The Balaban J connectivity index is 2.01. The van der Waals surface area contributed by atoms with Crippen molar-refractivity contribution in [3.8, 4) is 0 Å². The number of nitrogen functional groups attached to an aromatic ring is 1. The van der Waals surface area contributed by atoms with E-state index in [1.165, 1.54) is 12.4 Å². The van der Waals surface area contributed by atoms with E-state index in [9.17, 15) is 4.79 Å². The summed E-state index contributed by atoms with van der Waals surface area (Å²) in [6, 6.07) is 0. The fourth-order valence-electron chi connectivity index (χ4n) is 1.53. The van der Waals surface area contributed by atoms with Crippen LogP contribution in [-0.4, -0.2) is 21.0 Å². The lowest BCUT2D eigenvalue weighted by molar-refractivity contribution is 0.0945. The van der Waals surface area contributed by atoms with Crippen LogP contribution >= 0.6 is 0 Å². The highest BCUT2D eigenvalue weighted by Gasteiger charge is 2.12. The number of hydrazine groups is 1. The molecule has 0 aliphatic rings. The number of carbonyl (C=O) groups is 1. The molecule has 0 aliphatic heterocycles. The lowest BCUT2D eigenvalue weighted by Gasteiger charge is -2.04. The van der Waals surface area contributed by atoms with Crippen LogP contribution in [0.5, 0.6) is 0 Å². The number of nitrogens with one attached hydrogen (secondary N) is 2. The van der Waals surface area contributed by atoms with Gasteiger partial charge in [0.2, 0.25) is 0 Å². The van der Waals surface area contributed by atoms with Crippen molar-refractivity contribution < 1.29 is 9.32 Å². The summed E-state index contributed by atoms with van der Waals surface area (Å²) in [6.07, 6.45) is 2.72. The molecule has 0 aromatic carbocycles. The molecule has 4 N–H and O–H groups in total. The van der Waals surface area contributed by atoms with E-state index in [1.54, 1.807) is 6.92 Å². The number of nitrogens with two attached hydrogens (primary N) is 1. The first-order valence-corrected chi connectivity index (χ1v) is 5.60. The minimum Gasteiger partial charge on any atom is -0.361 e. The van der Waals surface area contributed by atoms with Crippen LogP contribution in [0.15, 0.2) is 16.9 Å². The predicted molar refractivity (Wildman–Crippen MR) is 67.0 cm³/mol. The van der Waals surface area contributed by atoms with Gasteiger partial charge in [0.05, 0.1) is 18.1 Å². The summed E-state index contributed by atoms with van der Waals surface area (Å²) in [6.45, 7) is 3.95. The molecule has 0 bridgehead atoms. The minimum absolute atomic E-state index is 0.214. The van der Waals surface area contributed by atoms with E-state index < -0.39 is 0 Å². The summed E-state index contributed by atoms with van der Waals surface area (Å²) in [5.74, 6) is 5.92. The zero-order valence-corrected chi connectivity index (χ0v) is 10.6. The fourth-order valence-corrected chi connectivity index (χ4v) is 1.53. The van der Waals surface area contributed by atoms with E-state index >= 15 is 0 Å². The van der Waals surface area contributed by atoms with Crippen molar-refractivity contribution in [2.75, 3.05) is 5.43 Å². The number of rotatable bonds is 4. The highest BCUT2D eigenvalue weighted by Crippen LogP contribution is 2.11. The van der Waals surface area contributed by atoms with Gasteiger partial charge in [0.25, 0.3) is 5.91 Å². The van der Waals surface area contributed by atoms with Gasteiger partial charge in [0, 0.05) is 12.1 Å². The molecule has 0 radical (unpaired) electrons. The van der Waals surface area contributed by atoms with Gasteiger partial charge in [-0.05, 0) is 13.8 Å². The number of anilines is 1. The first-order chi connectivity index (χ1) is 9.11. The van der Waals surface area contributed by atoms with Gasteiger partial charge in [-0.3, -0.25) is 4.79 Å². The van der Waals surface area contributed by atoms with Crippen LogP contribution in [0.3, 0.4) is 0 Å². The normalized spacial score (nSPS) is 10.3. The van der Waals surface area contributed by atoms with Crippen molar-refractivity contribution >= 4 is 11.7 Å². The molecule has 2 aromatic rings. The highest BCUT2D eigenvalue weighted by molar-refractivity contribution is 5.91. The molecule has 0 saturated heterocycles. The van der Waals surface area contributed by atoms with E-state index in [4.69, 9.17) is 10.4 Å². The van der Waals surface area contributed by atoms with Gasteiger partial charge in [0.1, 0.15) is 11.5 Å². The van der Waals surface area contributed by atoms with Crippen LogP contribution in [0.25, 0.3) is 0 Å². The number of aryl methyl sites for hydroxylation is 2. The van der Waals surface area contributed by atoms with Gasteiger partial charge in [-0.25, -0.2) is 15.8 Å². The van der Waals surface area contributed by atoms with E-state index in [1.807, 2.05) is 6.92 Å². The molecule has 2 heterocycles. The molecule has 0 spiro atoms. The molecule has 0 saturated carbocycles. The molecule has 0 atom stereocenters. The van der Waals surface area contributed by atoms with Crippen molar-refractivity contribution in [3.05, 3.63) is 35.1 Å². The second-order valence-corrected chi connectivity index (χ2v) is 3.92. The Morgan fingerprint density at radius 1 is 1.37 bits per heavy atom. The molecule has 0 unspecified atom stereocenters. The molecular formula is C11H14N6O2. The van der Waals surface area contributed by atoms with Crippen LogP contribution in [0.4, 0.5) is 5.82 Å². The molecule has 100 valence electrons. The molecule has 2 rings (SSSR count). The number of amides is 1. The van der Waals surface area contributed by atoms with Crippen LogP contribution in [0.1, 0.15) is 27.5 Å². The van der Waals surface area contributed by atoms with E-state index in [-0.39, 0.29) is 11.6 Å². The monoisotopic (exact) mass is 262 g/mol. The van der Waals surface area contributed by atoms with Gasteiger partial charge in [-0.15, -0.1) is 0 Å². The zero-order valence-electron chi connectivity index (χ0n) is 10.6. The molecule has 0 fully saturated rings.